The molecular weight excluding hydrogens is 350 g/mol. The number of benzene rings is 1. The Balaban J connectivity index is 1.54. The fourth-order valence-corrected chi connectivity index (χ4v) is 3.99. The minimum atomic E-state index is -0.0275. The Morgan fingerprint density at radius 3 is 2.64 bits per heavy atom. The van der Waals surface area contributed by atoms with E-state index in [1.54, 1.807) is 0 Å². The molecule has 0 spiro atoms. The quantitative estimate of drug-likeness (QED) is 0.659. The number of carbonyl (C=O) groups excluding carboxylic acids is 1. The molecule has 6 nitrogen and oxygen atoms in total. The van der Waals surface area contributed by atoms with Crippen LogP contribution >= 0.6 is 0 Å². The number of hydrogen-bond donors (Lipinski definition) is 0. The van der Waals surface area contributed by atoms with Crippen LogP contribution in [0.25, 0.3) is 5.65 Å². The fraction of sp³-hybridized carbons (Fsp3) is 0.409. The Morgan fingerprint density at radius 2 is 1.89 bits per heavy atom. The zero-order chi connectivity index (χ0) is 19.5. The molecule has 0 aliphatic carbocycles. The molecule has 1 aliphatic rings. The zero-order valence-electron chi connectivity index (χ0n) is 16.6. The predicted octanol–water partition coefficient (Wildman–Crippen LogP) is 3.55. The summed E-state index contributed by atoms with van der Waals surface area (Å²) >= 11 is 0. The highest BCUT2D eigenvalue weighted by molar-refractivity contribution is 5.94. The SMILES string of the molecule is CCN(CC)Cc1ccc(C(=O)N2CCCC2c2nnc3ccccn23)cc1. The number of hydrogen-bond acceptors (Lipinski definition) is 4. The second-order valence-corrected chi connectivity index (χ2v) is 7.30. The average Bonchev–Trinajstić information content (AvgIpc) is 3.38. The monoisotopic (exact) mass is 377 g/mol. The Kier molecular flexibility index (Phi) is 5.39. The van der Waals surface area contributed by atoms with Gasteiger partial charge in [0.05, 0.1) is 6.04 Å². The van der Waals surface area contributed by atoms with Crippen molar-refractivity contribution in [2.24, 2.45) is 0 Å². The standard InChI is InChI=1S/C22H27N5O/c1-3-25(4-2)16-17-10-12-18(13-11-17)22(28)26-15-7-8-19(26)21-24-23-20-9-5-6-14-27(20)21/h5-6,9-14,19H,3-4,7-8,15-16H2,1-2H3. The summed E-state index contributed by atoms with van der Waals surface area (Å²) in [5.41, 5.74) is 2.79. The van der Waals surface area contributed by atoms with Gasteiger partial charge in [0.1, 0.15) is 0 Å². The first-order chi connectivity index (χ1) is 13.7. The van der Waals surface area contributed by atoms with E-state index in [-0.39, 0.29) is 11.9 Å². The number of pyridine rings is 1. The maximum atomic E-state index is 13.2. The van der Waals surface area contributed by atoms with Gasteiger partial charge in [0.2, 0.25) is 0 Å². The topological polar surface area (TPSA) is 53.7 Å². The molecule has 28 heavy (non-hydrogen) atoms. The van der Waals surface area contributed by atoms with Crippen molar-refractivity contribution in [3.05, 3.63) is 65.6 Å². The van der Waals surface area contributed by atoms with Gasteiger partial charge in [-0.3, -0.25) is 14.1 Å². The van der Waals surface area contributed by atoms with Crippen LogP contribution < -0.4 is 0 Å². The molecule has 1 fully saturated rings. The van der Waals surface area contributed by atoms with Crippen LogP contribution in [0.4, 0.5) is 0 Å². The number of aromatic nitrogens is 3. The average molecular weight is 377 g/mol. The Morgan fingerprint density at radius 1 is 1.11 bits per heavy atom. The van der Waals surface area contributed by atoms with Gasteiger partial charge in [-0.15, -0.1) is 10.2 Å². The summed E-state index contributed by atoms with van der Waals surface area (Å²) in [6, 6.07) is 13.9. The number of carbonyl (C=O) groups is 1. The molecule has 1 aliphatic heterocycles. The van der Waals surface area contributed by atoms with Gasteiger partial charge in [-0.2, -0.15) is 0 Å². The summed E-state index contributed by atoms with van der Waals surface area (Å²) in [4.78, 5) is 17.5. The maximum Gasteiger partial charge on any atom is 0.254 e. The van der Waals surface area contributed by atoms with Crippen LogP contribution in [0, 0.1) is 0 Å². The summed E-state index contributed by atoms with van der Waals surface area (Å²) in [5, 5.41) is 8.64. The lowest BCUT2D eigenvalue weighted by Gasteiger charge is -2.24. The van der Waals surface area contributed by atoms with Gasteiger partial charge in [-0.1, -0.05) is 32.0 Å². The first-order valence-electron chi connectivity index (χ1n) is 10.1. The number of fused-ring (bicyclic) bond motifs is 1. The summed E-state index contributed by atoms with van der Waals surface area (Å²) in [6.45, 7) is 8.07. The molecule has 1 atom stereocenters. The van der Waals surface area contributed by atoms with Crippen LogP contribution in [-0.4, -0.2) is 49.9 Å². The lowest BCUT2D eigenvalue weighted by molar-refractivity contribution is 0.0729. The summed E-state index contributed by atoms with van der Waals surface area (Å²) in [6.07, 6.45) is 3.87. The van der Waals surface area contributed by atoms with Gasteiger partial charge in [-0.25, -0.2) is 0 Å². The third-order valence-corrected chi connectivity index (χ3v) is 5.65. The van der Waals surface area contributed by atoms with Gasteiger partial charge in [0.25, 0.3) is 5.91 Å². The van der Waals surface area contributed by atoms with Crippen molar-refractivity contribution in [2.45, 2.75) is 39.3 Å². The van der Waals surface area contributed by atoms with Crippen LogP contribution in [0.3, 0.4) is 0 Å². The molecule has 0 radical (unpaired) electrons. The molecule has 1 saturated heterocycles. The Bertz CT molecular complexity index is 945. The minimum Gasteiger partial charge on any atom is -0.328 e. The zero-order valence-corrected chi connectivity index (χ0v) is 16.6. The van der Waals surface area contributed by atoms with E-state index in [2.05, 4.69) is 41.1 Å². The second-order valence-electron chi connectivity index (χ2n) is 7.30. The maximum absolute atomic E-state index is 13.2. The van der Waals surface area contributed by atoms with Crippen molar-refractivity contribution in [1.82, 2.24) is 24.4 Å². The lowest BCUT2D eigenvalue weighted by atomic mass is 10.1. The number of likely N-dealkylation sites (tertiary alicyclic amines) is 1. The molecule has 3 heterocycles. The lowest BCUT2D eigenvalue weighted by Crippen LogP contribution is -2.31. The third-order valence-electron chi connectivity index (χ3n) is 5.65. The van der Waals surface area contributed by atoms with Gasteiger partial charge < -0.3 is 4.90 Å². The second kappa shape index (κ2) is 8.10. The summed E-state index contributed by atoms with van der Waals surface area (Å²) in [7, 11) is 0. The highest BCUT2D eigenvalue weighted by atomic mass is 16.2. The predicted molar refractivity (Wildman–Crippen MR) is 109 cm³/mol. The molecule has 1 unspecified atom stereocenters. The number of amides is 1. The van der Waals surface area contributed by atoms with Crippen LogP contribution in [0.15, 0.2) is 48.7 Å². The van der Waals surface area contributed by atoms with E-state index >= 15 is 0 Å². The first kappa shape index (κ1) is 18.6. The molecule has 146 valence electrons. The Hall–Kier alpha value is -2.73. The van der Waals surface area contributed by atoms with Crippen molar-refractivity contribution in [3.8, 4) is 0 Å². The van der Waals surface area contributed by atoms with E-state index in [1.165, 1.54) is 5.56 Å². The molecule has 1 amide bonds. The van der Waals surface area contributed by atoms with Crippen molar-refractivity contribution < 1.29 is 4.79 Å². The van der Waals surface area contributed by atoms with Crippen molar-refractivity contribution in [2.75, 3.05) is 19.6 Å². The Labute approximate surface area is 165 Å². The van der Waals surface area contributed by atoms with Crippen molar-refractivity contribution in [1.29, 1.82) is 0 Å². The number of rotatable bonds is 6. The van der Waals surface area contributed by atoms with E-state index < -0.39 is 0 Å². The molecule has 1 aromatic carbocycles. The van der Waals surface area contributed by atoms with E-state index in [9.17, 15) is 4.79 Å². The first-order valence-corrected chi connectivity index (χ1v) is 10.1. The normalized spacial score (nSPS) is 17.0. The van der Waals surface area contributed by atoms with Crippen LogP contribution in [0.5, 0.6) is 0 Å². The molecule has 0 N–H and O–H groups in total. The van der Waals surface area contributed by atoms with E-state index in [4.69, 9.17) is 0 Å². The largest absolute Gasteiger partial charge is 0.328 e. The minimum absolute atomic E-state index is 0.0275. The van der Waals surface area contributed by atoms with E-state index in [0.717, 1.165) is 56.1 Å². The summed E-state index contributed by atoms with van der Waals surface area (Å²) < 4.78 is 1.99. The van der Waals surface area contributed by atoms with Gasteiger partial charge in [-0.05, 0) is 55.8 Å². The van der Waals surface area contributed by atoms with Crippen LogP contribution in [-0.2, 0) is 6.54 Å². The molecule has 2 aromatic heterocycles. The molecule has 3 aromatic rings. The van der Waals surface area contributed by atoms with Crippen LogP contribution in [0.1, 0.15) is 54.5 Å². The van der Waals surface area contributed by atoms with Gasteiger partial charge in [0.15, 0.2) is 11.5 Å². The smallest absolute Gasteiger partial charge is 0.254 e. The number of nitrogens with zero attached hydrogens (tertiary/aromatic N) is 5. The summed E-state index contributed by atoms with van der Waals surface area (Å²) in [5.74, 6) is 0.921. The molecule has 0 saturated carbocycles. The van der Waals surface area contributed by atoms with E-state index in [0.29, 0.717) is 0 Å². The molecular formula is C22H27N5O. The molecule has 0 bridgehead atoms. The third kappa shape index (κ3) is 3.52. The van der Waals surface area contributed by atoms with Gasteiger partial charge in [0, 0.05) is 24.8 Å². The molecule has 4 rings (SSSR count). The highest BCUT2D eigenvalue weighted by Gasteiger charge is 2.33. The van der Waals surface area contributed by atoms with Crippen molar-refractivity contribution in [3.63, 3.8) is 0 Å². The molecule has 6 heteroatoms. The fourth-order valence-electron chi connectivity index (χ4n) is 3.99. The van der Waals surface area contributed by atoms with Gasteiger partial charge >= 0.3 is 0 Å². The van der Waals surface area contributed by atoms with Crippen molar-refractivity contribution >= 4 is 11.6 Å². The van der Waals surface area contributed by atoms with Crippen LogP contribution in [0.2, 0.25) is 0 Å². The highest BCUT2D eigenvalue weighted by Crippen LogP contribution is 2.32. The van der Waals surface area contributed by atoms with E-state index in [1.807, 2.05) is 45.8 Å².